The Bertz CT molecular complexity index is 555. The minimum absolute atomic E-state index is 0.00556. The van der Waals surface area contributed by atoms with Crippen molar-refractivity contribution in [2.75, 3.05) is 0 Å². The lowest BCUT2D eigenvalue weighted by molar-refractivity contribution is 0.541. The highest BCUT2D eigenvalue weighted by Crippen LogP contribution is 2.19. The number of imidazole rings is 1. The Morgan fingerprint density at radius 2 is 1.95 bits per heavy atom. The van der Waals surface area contributed by atoms with Crippen LogP contribution in [0, 0.1) is 13.8 Å². The minimum atomic E-state index is 0.00556. The fourth-order valence-electron chi connectivity index (χ4n) is 2.29. The number of hydrogen-bond acceptors (Lipinski definition) is 2. The molecule has 2 aromatic rings. The first-order valence-electron chi connectivity index (χ1n) is 6.82. The Hall–Kier alpha value is -1.61. The zero-order valence-electron chi connectivity index (χ0n) is 12.2. The summed E-state index contributed by atoms with van der Waals surface area (Å²) in [6.45, 7) is 9.33. The molecule has 3 heteroatoms. The van der Waals surface area contributed by atoms with E-state index in [1.807, 2.05) is 12.4 Å². The van der Waals surface area contributed by atoms with Gasteiger partial charge < -0.3 is 10.3 Å². The van der Waals surface area contributed by atoms with E-state index >= 15 is 0 Å². The van der Waals surface area contributed by atoms with Gasteiger partial charge in [-0.25, -0.2) is 4.98 Å². The molecule has 1 heterocycles. The smallest absolute Gasteiger partial charge is 0.111 e. The van der Waals surface area contributed by atoms with Crippen molar-refractivity contribution < 1.29 is 0 Å². The molecule has 1 aromatic carbocycles. The van der Waals surface area contributed by atoms with Crippen molar-refractivity contribution in [1.29, 1.82) is 0 Å². The van der Waals surface area contributed by atoms with Gasteiger partial charge in [-0.1, -0.05) is 32.0 Å². The minimum Gasteiger partial charge on any atom is -0.333 e. The van der Waals surface area contributed by atoms with Crippen molar-refractivity contribution in [1.82, 2.24) is 9.55 Å². The lowest BCUT2D eigenvalue weighted by atomic mass is 10.0. The van der Waals surface area contributed by atoms with Gasteiger partial charge in [0, 0.05) is 30.9 Å². The van der Waals surface area contributed by atoms with Crippen LogP contribution in [0.15, 0.2) is 30.6 Å². The maximum Gasteiger partial charge on any atom is 0.111 e. The van der Waals surface area contributed by atoms with Crippen LogP contribution in [0.3, 0.4) is 0 Å². The fourth-order valence-corrected chi connectivity index (χ4v) is 2.29. The lowest BCUT2D eigenvalue weighted by Gasteiger charge is -2.17. The third-order valence-electron chi connectivity index (χ3n) is 3.62. The summed E-state index contributed by atoms with van der Waals surface area (Å²) in [5.41, 5.74) is 10.1. The third-order valence-corrected chi connectivity index (χ3v) is 3.62. The Labute approximate surface area is 115 Å². The van der Waals surface area contributed by atoms with Crippen molar-refractivity contribution in [3.63, 3.8) is 0 Å². The molecule has 0 spiro atoms. The highest BCUT2D eigenvalue weighted by molar-refractivity contribution is 5.31. The molecule has 0 fully saturated rings. The van der Waals surface area contributed by atoms with Crippen LogP contribution < -0.4 is 5.73 Å². The van der Waals surface area contributed by atoms with Crippen LogP contribution in [0.5, 0.6) is 0 Å². The van der Waals surface area contributed by atoms with Gasteiger partial charge in [-0.3, -0.25) is 0 Å². The number of rotatable bonds is 4. The summed E-state index contributed by atoms with van der Waals surface area (Å²) < 4.78 is 2.16. The Kier molecular flexibility index (Phi) is 4.05. The van der Waals surface area contributed by atoms with Crippen molar-refractivity contribution in [2.45, 2.75) is 46.2 Å². The molecule has 2 N–H and O–H groups in total. The molecule has 19 heavy (non-hydrogen) atoms. The summed E-state index contributed by atoms with van der Waals surface area (Å²) in [5, 5.41) is 0. The number of hydrogen-bond donors (Lipinski definition) is 1. The summed E-state index contributed by atoms with van der Waals surface area (Å²) in [4.78, 5) is 4.40. The first kappa shape index (κ1) is 13.8. The van der Waals surface area contributed by atoms with Gasteiger partial charge in [0.25, 0.3) is 0 Å². The molecule has 1 unspecified atom stereocenters. The molecule has 0 amide bonds. The van der Waals surface area contributed by atoms with Gasteiger partial charge in [0.2, 0.25) is 0 Å². The van der Waals surface area contributed by atoms with Gasteiger partial charge in [-0.05, 0) is 30.5 Å². The largest absolute Gasteiger partial charge is 0.333 e. The van der Waals surface area contributed by atoms with Gasteiger partial charge in [0.15, 0.2) is 0 Å². The summed E-state index contributed by atoms with van der Waals surface area (Å²) in [7, 11) is 0. The molecule has 0 bridgehead atoms. The number of aryl methyl sites for hydroxylation is 2. The molecule has 0 aliphatic carbocycles. The van der Waals surface area contributed by atoms with Crippen LogP contribution in [-0.4, -0.2) is 9.55 Å². The molecular formula is C16H23N3. The molecule has 0 aliphatic rings. The molecule has 0 radical (unpaired) electrons. The van der Waals surface area contributed by atoms with Crippen LogP contribution in [-0.2, 0) is 6.54 Å². The number of nitrogens with two attached hydrogens (primary N) is 1. The SMILES string of the molecule is Cc1ccc(C(N)Cn2ccnc2C(C)C)cc1C. The lowest BCUT2D eigenvalue weighted by Crippen LogP contribution is -2.19. The second-order valence-corrected chi connectivity index (χ2v) is 5.54. The van der Waals surface area contributed by atoms with Crippen molar-refractivity contribution >= 4 is 0 Å². The molecule has 1 aromatic heterocycles. The molecular weight excluding hydrogens is 234 g/mol. The van der Waals surface area contributed by atoms with E-state index in [0.29, 0.717) is 5.92 Å². The van der Waals surface area contributed by atoms with E-state index in [1.54, 1.807) is 0 Å². The highest BCUT2D eigenvalue weighted by Gasteiger charge is 2.12. The monoisotopic (exact) mass is 257 g/mol. The van der Waals surface area contributed by atoms with Gasteiger partial charge >= 0.3 is 0 Å². The van der Waals surface area contributed by atoms with Gasteiger partial charge in [-0.2, -0.15) is 0 Å². The van der Waals surface area contributed by atoms with E-state index < -0.39 is 0 Å². The number of benzene rings is 1. The number of aromatic nitrogens is 2. The Balaban J connectivity index is 2.18. The van der Waals surface area contributed by atoms with Crippen LogP contribution in [0.1, 0.15) is 48.3 Å². The summed E-state index contributed by atoms with van der Waals surface area (Å²) in [6.07, 6.45) is 3.86. The average molecular weight is 257 g/mol. The van der Waals surface area contributed by atoms with Gasteiger partial charge in [0.05, 0.1) is 0 Å². The van der Waals surface area contributed by atoms with Crippen LogP contribution in [0.2, 0.25) is 0 Å². The van der Waals surface area contributed by atoms with Gasteiger partial charge in [-0.15, -0.1) is 0 Å². The molecule has 0 aliphatic heterocycles. The second-order valence-electron chi connectivity index (χ2n) is 5.54. The zero-order chi connectivity index (χ0) is 14.0. The fraction of sp³-hybridized carbons (Fsp3) is 0.438. The van der Waals surface area contributed by atoms with E-state index in [0.717, 1.165) is 12.4 Å². The van der Waals surface area contributed by atoms with Gasteiger partial charge in [0.1, 0.15) is 5.82 Å². The first-order valence-corrected chi connectivity index (χ1v) is 6.82. The average Bonchev–Trinajstić information content (AvgIpc) is 2.80. The topological polar surface area (TPSA) is 43.8 Å². The zero-order valence-corrected chi connectivity index (χ0v) is 12.2. The maximum absolute atomic E-state index is 6.33. The second kappa shape index (κ2) is 5.57. The highest BCUT2D eigenvalue weighted by atomic mass is 15.1. The predicted molar refractivity (Wildman–Crippen MR) is 79.2 cm³/mol. The van der Waals surface area contributed by atoms with Crippen molar-refractivity contribution in [3.8, 4) is 0 Å². The van der Waals surface area contributed by atoms with E-state index in [4.69, 9.17) is 5.73 Å². The maximum atomic E-state index is 6.33. The molecule has 1 atom stereocenters. The van der Waals surface area contributed by atoms with E-state index in [-0.39, 0.29) is 6.04 Å². The van der Waals surface area contributed by atoms with Crippen LogP contribution >= 0.6 is 0 Å². The molecule has 0 saturated carbocycles. The quantitative estimate of drug-likeness (QED) is 0.913. The Morgan fingerprint density at radius 3 is 2.58 bits per heavy atom. The van der Waals surface area contributed by atoms with Crippen molar-refractivity contribution in [2.24, 2.45) is 5.73 Å². The normalized spacial score (nSPS) is 12.9. The van der Waals surface area contributed by atoms with E-state index in [2.05, 4.69) is 55.4 Å². The van der Waals surface area contributed by atoms with E-state index in [9.17, 15) is 0 Å². The molecule has 0 saturated heterocycles. The third kappa shape index (κ3) is 3.04. The summed E-state index contributed by atoms with van der Waals surface area (Å²) in [5.74, 6) is 1.52. The summed E-state index contributed by atoms with van der Waals surface area (Å²) >= 11 is 0. The predicted octanol–water partition coefficient (Wildman–Crippen LogP) is 3.32. The molecule has 102 valence electrons. The van der Waals surface area contributed by atoms with Crippen molar-refractivity contribution in [3.05, 3.63) is 53.1 Å². The molecule has 2 rings (SSSR count). The summed E-state index contributed by atoms with van der Waals surface area (Å²) in [6, 6.07) is 6.46. The Morgan fingerprint density at radius 1 is 1.21 bits per heavy atom. The number of nitrogens with zero attached hydrogens (tertiary/aromatic N) is 2. The first-order chi connectivity index (χ1) is 8.99. The van der Waals surface area contributed by atoms with Crippen LogP contribution in [0.4, 0.5) is 0 Å². The van der Waals surface area contributed by atoms with E-state index in [1.165, 1.54) is 16.7 Å². The van der Waals surface area contributed by atoms with Crippen LogP contribution in [0.25, 0.3) is 0 Å². The standard InChI is InChI=1S/C16H23N3/c1-11(2)16-18-7-8-19(16)10-15(17)14-6-5-12(3)13(4)9-14/h5-9,11,15H,10,17H2,1-4H3. The molecule has 3 nitrogen and oxygen atoms in total.